The fourth-order valence-electron chi connectivity index (χ4n) is 3.61. The van der Waals surface area contributed by atoms with Crippen molar-refractivity contribution in [2.75, 3.05) is 11.6 Å². The van der Waals surface area contributed by atoms with E-state index in [2.05, 4.69) is 20.4 Å². The molecule has 170 valence electrons. The van der Waals surface area contributed by atoms with E-state index in [1.54, 1.807) is 39.7 Å². The summed E-state index contributed by atoms with van der Waals surface area (Å²) in [6.07, 6.45) is 5.07. The Morgan fingerprint density at radius 2 is 1.91 bits per heavy atom. The molecule has 0 fully saturated rings. The van der Waals surface area contributed by atoms with Crippen LogP contribution in [0.2, 0.25) is 0 Å². The minimum absolute atomic E-state index is 0.0822. The molecule has 0 bridgehead atoms. The average Bonchev–Trinajstić information content (AvgIpc) is 3.46. The Labute approximate surface area is 198 Å². The van der Waals surface area contributed by atoms with E-state index < -0.39 is 10.8 Å². The van der Waals surface area contributed by atoms with Gasteiger partial charge in [-0.1, -0.05) is 6.07 Å². The van der Waals surface area contributed by atoms with Crippen molar-refractivity contribution >= 4 is 28.0 Å². The van der Waals surface area contributed by atoms with Crippen molar-refractivity contribution in [1.82, 2.24) is 29.4 Å². The molecule has 0 aliphatic heterocycles. The summed E-state index contributed by atoms with van der Waals surface area (Å²) in [5.41, 5.74) is 4.48. The molecule has 1 amide bonds. The van der Waals surface area contributed by atoms with Crippen molar-refractivity contribution in [3.63, 3.8) is 0 Å². The van der Waals surface area contributed by atoms with Crippen LogP contribution >= 0.6 is 0 Å². The average molecular weight is 472 g/mol. The van der Waals surface area contributed by atoms with Gasteiger partial charge < -0.3 is 5.32 Å². The zero-order valence-corrected chi connectivity index (χ0v) is 19.4. The fraction of sp³-hybridized carbons (Fsp3) is 0.125. The van der Waals surface area contributed by atoms with Crippen LogP contribution in [-0.2, 0) is 22.0 Å². The third kappa shape index (κ3) is 4.48. The number of rotatable bonds is 6. The molecule has 9 nitrogen and oxygen atoms in total. The molecule has 4 heterocycles. The Morgan fingerprint density at radius 1 is 1.09 bits per heavy atom. The number of hydrogen-bond acceptors (Lipinski definition) is 6. The van der Waals surface area contributed by atoms with Crippen molar-refractivity contribution in [2.45, 2.75) is 18.2 Å². The van der Waals surface area contributed by atoms with Crippen LogP contribution in [0.5, 0.6) is 0 Å². The fourth-order valence-corrected chi connectivity index (χ4v) is 4.13. The van der Waals surface area contributed by atoms with Crippen molar-refractivity contribution in [1.29, 1.82) is 0 Å². The summed E-state index contributed by atoms with van der Waals surface area (Å²) in [6, 6.07) is 18.4. The van der Waals surface area contributed by atoms with E-state index in [0.717, 1.165) is 22.6 Å². The number of carbonyl (C=O) groups is 1. The summed E-state index contributed by atoms with van der Waals surface area (Å²) in [7, 11) is -1.07. The molecule has 5 aromatic rings. The van der Waals surface area contributed by atoms with E-state index in [-0.39, 0.29) is 12.3 Å². The molecule has 0 saturated carbocycles. The van der Waals surface area contributed by atoms with E-state index in [1.165, 1.54) is 6.33 Å². The molecule has 10 heteroatoms. The molecule has 0 aliphatic carbocycles. The van der Waals surface area contributed by atoms with Crippen LogP contribution in [0.25, 0.3) is 22.7 Å². The normalized spacial score (nSPS) is 12.1. The first-order valence-corrected chi connectivity index (χ1v) is 12.1. The Kier molecular flexibility index (Phi) is 5.72. The lowest BCUT2D eigenvalue weighted by Crippen LogP contribution is -2.15. The third-order valence-electron chi connectivity index (χ3n) is 5.23. The number of anilines is 1. The van der Waals surface area contributed by atoms with Gasteiger partial charge >= 0.3 is 0 Å². The number of amides is 1. The maximum absolute atomic E-state index is 12.7. The second-order valence-corrected chi connectivity index (χ2v) is 9.13. The summed E-state index contributed by atoms with van der Waals surface area (Å²) in [5.74, 6) is 0.453. The van der Waals surface area contributed by atoms with Gasteiger partial charge in [0.05, 0.1) is 17.8 Å². The van der Waals surface area contributed by atoms with Gasteiger partial charge in [0.1, 0.15) is 6.33 Å². The summed E-state index contributed by atoms with van der Waals surface area (Å²) in [6.45, 7) is 1.92. The van der Waals surface area contributed by atoms with Crippen LogP contribution in [0.3, 0.4) is 0 Å². The number of fused-ring (bicyclic) bond motifs is 1. The number of aryl methyl sites for hydroxylation is 1. The molecule has 0 spiro atoms. The SMILES string of the molecule is Cc1cccc(-n2nc(CC(=O)Nc3ccc(S(C)=O)cc3)cc2-c2ccc3ncnn3c2)n1. The van der Waals surface area contributed by atoms with E-state index in [1.807, 2.05) is 49.5 Å². The van der Waals surface area contributed by atoms with Crippen molar-refractivity contribution in [3.8, 4) is 17.1 Å². The zero-order valence-electron chi connectivity index (χ0n) is 18.5. The Bertz CT molecular complexity index is 1520. The predicted octanol–water partition coefficient (Wildman–Crippen LogP) is 3.20. The van der Waals surface area contributed by atoms with E-state index in [4.69, 9.17) is 5.10 Å². The minimum Gasteiger partial charge on any atom is -0.326 e. The van der Waals surface area contributed by atoms with Crippen LogP contribution in [0.15, 0.2) is 78.1 Å². The first-order valence-electron chi connectivity index (χ1n) is 10.5. The quantitative estimate of drug-likeness (QED) is 0.408. The number of nitrogens with zero attached hydrogens (tertiary/aromatic N) is 6. The van der Waals surface area contributed by atoms with Gasteiger partial charge in [0.25, 0.3) is 0 Å². The smallest absolute Gasteiger partial charge is 0.230 e. The van der Waals surface area contributed by atoms with E-state index in [9.17, 15) is 9.00 Å². The highest BCUT2D eigenvalue weighted by atomic mass is 32.2. The monoisotopic (exact) mass is 471 g/mol. The molecule has 5 rings (SSSR count). The lowest BCUT2D eigenvalue weighted by atomic mass is 10.1. The highest BCUT2D eigenvalue weighted by Crippen LogP contribution is 2.24. The number of pyridine rings is 2. The molecule has 4 aromatic heterocycles. The van der Waals surface area contributed by atoms with Gasteiger partial charge in [0, 0.05) is 45.1 Å². The zero-order chi connectivity index (χ0) is 23.7. The maximum atomic E-state index is 12.7. The molecular weight excluding hydrogens is 450 g/mol. The van der Waals surface area contributed by atoms with Gasteiger partial charge in [-0.15, -0.1) is 0 Å². The second-order valence-electron chi connectivity index (χ2n) is 7.75. The summed E-state index contributed by atoms with van der Waals surface area (Å²) >= 11 is 0. The van der Waals surface area contributed by atoms with Crippen molar-refractivity contribution < 1.29 is 9.00 Å². The number of carbonyl (C=O) groups excluding carboxylic acids is 1. The molecular formula is C24H21N7O2S. The molecule has 0 radical (unpaired) electrons. The number of benzene rings is 1. The molecule has 0 aliphatic rings. The molecule has 1 N–H and O–H groups in total. The van der Waals surface area contributed by atoms with Gasteiger partial charge in [0.15, 0.2) is 11.5 Å². The third-order valence-corrected chi connectivity index (χ3v) is 6.17. The molecule has 34 heavy (non-hydrogen) atoms. The van der Waals surface area contributed by atoms with Gasteiger partial charge in [-0.2, -0.15) is 10.2 Å². The Hall–Kier alpha value is -4.18. The van der Waals surface area contributed by atoms with E-state index >= 15 is 0 Å². The summed E-state index contributed by atoms with van der Waals surface area (Å²) < 4.78 is 15.0. The molecule has 1 aromatic carbocycles. The van der Waals surface area contributed by atoms with Crippen LogP contribution in [-0.4, -0.2) is 45.7 Å². The van der Waals surface area contributed by atoms with Crippen molar-refractivity contribution in [2.24, 2.45) is 0 Å². The Morgan fingerprint density at radius 3 is 2.68 bits per heavy atom. The lowest BCUT2D eigenvalue weighted by molar-refractivity contribution is -0.115. The number of aromatic nitrogens is 6. The maximum Gasteiger partial charge on any atom is 0.230 e. The van der Waals surface area contributed by atoms with Crippen LogP contribution < -0.4 is 5.32 Å². The Balaban J connectivity index is 1.46. The topological polar surface area (TPSA) is 107 Å². The summed E-state index contributed by atoms with van der Waals surface area (Å²) in [4.78, 5) is 22.2. The molecule has 1 atom stereocenters. The van der Waals surface area contributed by atoms with Crippen LogP contribution in [0.1, 0.15) is 11.4 Å². The molecule has 1 unspecified atom stereocenters. The summed E-state index contributed by atoms with van der Waals surface area (Å²) in [5, 5.41) is 11.8. The van der Waals surface area contributed by atoms with E-state index in [0.29, 0.717) is 22.1 Å². The first kappa shape index (κ1) is 21.7. The van der Waals surface area contributed by atoms with Crippen molar-refractivity contribution in [3.05, 3.63) is 84.6 Å². The van der Waals surface area contributed by atoms with Gasteiger partial charge in [-0.25, -0.2) is 19.2 Å². The van der Waals surface area contributed by atoms with Gasteiger partial charge in [-0.05, 0) is 61.5 Å². The van der Waals surface area contributed by atoms with Gasteiger partial charge in [0.2, 0.25) is 5.91 Å². The lowest BCUT2D eigenvalue weighted by Gasteiger charge is -2.07. The van der Waals surface area contributed by atoms with Gasteiger partial charge in [-0.3, -0.25) is 9.00 Å². The molecule has 0 saturated heterocycles. The largest absolute Gasteiger partial charge is 0.326 e. The standard InChI is InChI=1S/C24H21N7O2S/c1-16-4-3-5-23(27-16)31-21(17-6-11-22-25-15-26-30(22)14-17)12-19(29-31)13-24(32)28-18-7-9-20(10-8-18)34(2)33/h3-12,14-15H,13H2,1-2H3,(H,28,32). The number of nitrogens with one attached hydrogen (secondary N) is 1. The van der Waals surface area contributed by atoms with Crippen LogP contribution in [0, 0.1) is 6.92 Å². The number of hydrogen-bond donors (Lipinski definition) is 1. The minimum atomic E-state index is -1.07. The highest BCUT2D eigenvalue weighted by molar-refractivity contribution is 7.84. The highest BCUT2D eigenvalue weighted by Gasteiger charge is 2.16. The first-order chi connectivity index (χ1) is 16.5. The van der Waals surface area contributed by atoms with Crippen LogP contribution in [0.4, 0.5) is 5.69 Å². The predicted molar refractivity (Wildman–Crippen MR) is 129 cm³/mol. The second kappa shape index (κ2) is 8.99.